The van der Waals surface area contributed by atoms with E-state index in [9.17, 15) is 4.79 Å². The summed E-state index contributed by atoms with van der Waals surface area (Å²) in [5.41, 5.74) is 0.618. The average molecular weight is 355 g/mol. The first-order valence-corrected chi connectivity index (χ1v) is 9.30. The van der Waals surface area contributed by atoms with E-state index in [0.717, 1.165) is 6.42 Å². The number of rotatable bonds is 3. The Morgan fingerprint density at radius 1 is 1.09 bits per heavy atom. The molecule has 0 spiro atoms. The molecule has 1 aromatic rings. The second-order valence-electron chi connectivity index (χ2n) is 6.71. The molecular weight excluding hydrogens is 331 g/mol. The van der Waals surface area contributed by atoms with E-state index in [1.165, 1.54) is 45.2 Å². The molecule has 0 bridgehead atoms. The molecule has 0 aromatic heterocycles. The molecule has 0 N–H and O–H groups in total. The van der Waals surface area contributed by atoms with Gasteiger partial charge in [-0.25, -0.2) is 0 Å². The molecule has 1 amide bonds. The monoisotopic (exact) mass is 354 g/mol. The Hall–Kier alpha value is -0.770. The van der Waals surface area contributed by atoms with Crippen LogP contribution in [0.3, 0.4) is 0 Å². The molecule has 23 heavy (non-hydrogen) atoms. The number of nitrogens with zero attached hydrogens (tertiary/aromatic N) is 2. The van der Waals surface area contributed by atoms with E-state index in [2.05, 4.69) is 4.90 Å². The lowest BCUT2D eigenvalue weighted by Crippen LogP contribution is -2.53. The van der Waals surface area contributed by atoms with Crippen molar-refractivity contribution >= 4 is 29.1 Å². The number of benzene rings is 1. The van der Waals surface area contributed by atoms with Crippen molar-refractivity contribution in [2.45, 2.75) is 50.6 Å². The van der Waals surface area contributed by atoms with Gasteiger partial charge >= 0.3 is 0 Å². The van der Waals surface area contributed by atoms with Crippen molar-refractivity contribution in [1.82, 2.24) is 9.80 Å². The SMILES string of the molecule is CN(C(=O)c1ccc(Cl)c(Cl)c1)C1CCCC[C@H]1N1CCCC1. The molecule has 5 heteroatoms. The summed E-state index contributed by atoms with van der Waals surface area (Å²) in [6, 6.07) is 5.94. The van der Waals surface area contributed by atoms with Crippen LogP contribution < -0.4 is 0 Å². The van der Waals surface area contributed by atoms with Crippen LogP contribution in [0, 0.1) is 0 Å². The molecule has 2 fully saturated rings. The predicted octanol–water partition coefficient (Wildman–Crippen LogP) is 4.47. The van der Waals surface area contributed by atoms with Gasteiger partial charge in [0.05, 0.1) is 10.0 Å². The van der Waals surface area contributed by atoms with Gasteiger partial charge in [-0.1, -0.05) is 36.0 Å². The summed E-state index contributed by atoms with van der Waals surface area (Å²) in [7, 11) is 1.93. The van der Waals surface area contributed by atoms with Crippen molar-refractivity contribution in [3.63, 3.8) is 0 Å². The Balaban J connectivity index is 1.77. The molecule has 3 nitrogen and oxygen atoms in total. The Morgan fingerprint density at radius 3 is 2.48 bits per heavy atom. The molecule has 2 aliphatic rings. The van der Waals surface area contributed by atoms with Crippen LogP contribution in [0.25, 0.3) is 0 Å². The van der Waals surface area contributed by atoms with Gasteiger partial charge in [0, 0.05) is 24.7 Å². The lowest BCUT2D eigenvalue weighted by molar-refractivity contribution is 0.0496. The van der Waals surface area contributed by atoms with Crippen molar-refractivity contribution in [2.24, 2.45) is 0 Å². The van der Waals surface area contributed by atoms with Gasteiger partial charge in [-0.2, -0.15) is 0 Å². The minimum absolute atomic E-state index is 0.0414. The second kappa shape index (κ2) is 7.42. The molecule has 0 radical (unpaired) electrons. The van der Waals surface area contributed by atoms with Crippen LogP contribution in [0.4, 0.5) is 0 Å². The number of carbonyl (C=O) groups excluding carboxylic acids is 1. The van der Waals surface area contributed by atoms with Crippen LogP contribution in [0.15, 0.2) is 18.2 Å². The normalized spacial score (nSPS) is 25.5. The third-order valence-electron chi connectivity index (χ3n) is 5.29. The molecule has 3 rings (SSSR count). The third-order valence-corrected chi connectivity index (χ3v) is 6.03. The van der Waals surface area contributed by atoms with Gasteiger partial charge in [0.2, 0.25) is 0 Å². The summed E-state index contributed by atoms with van der Waals surface area (Å²) in [4.78, 5) is 17.4. The van der Waals surface area contributed by atoms with Gasteiger partial charge in [-0.3, -0.25) is 9.69 Å². The maximum Gasteiger partial charge on any atom is 0.253 e. The van der Waals surface area contributed by atoms with E-state index in [1.807, 2.05) is 11.9 Å². The molecule has 1 heterocycles. The first kappa shape index (κ1) is 17.1. The Kier molecular flexibility index (Phi) is 5.50. The minimum Gasteiger partial charge on any atom is -0.337 e. The molecule has 1 saturated heterocycles. The van der Waals surface area contributed by atoms with Crippen molar-refractivity contribution in [1.29, 1.82) is 0 Å². The number of halogens is 2. The number of likely N-dealkylation sites (tertiary alicyclic amines) is 1. The molecule has 1 saturated carbocycles. The fourth-order valence-corrected chi connectivity index (χ4v) is 4.32. The van der Waals surface area contributed by atoms with Gasteiger partial charge < -0.3 is 4.90 Å². The summed E-state index contributed by atoms with van der Waals surface area (Å²) in [5.74, 6) is 0.0414. The zero-order valence-corrected chi connectivity index (χ0v) is 15.1. The zero-order chi connectivity index (χ0) is 16.4. The van der Waals surface area contributed by atoms with Crippen LogP contribution >= 0.6 is 23.2 Å². The average Bonchev–Trinajstić information content (AvgIpc) is 3.10. The fourth-order valence-electron chi connectivity index (χ4n) is 4.03. The fraction of sp³-hybridized carbons (Fsp3) is 0.611. The highest BCUT2D eigenvalue weighted by Crippen LogP contribution is 2.30. The van der Waals surface area contributed by atoms with E-state index < -0.39 is 0 Å². The first-order chi connectivity index (χ1) is 11.1. The number of carbonyl (C=O) groups is 1. The van der Waals surface area contributed by atoms with Crippen LogP contribution in [0.5, 0.6) is 0 Å². The van der Waals surface area contributed by atoms with E-state index in [0.29, 0.717) is 27.7 Å². The van der Waals surface area contributed by atoms with Crippen LogP contribution in [0.1, 0.15) is 48.9 Å². The molecule has 126 valence electrons. The van der Waals surface area contributed by atoms with Crippen molar-refractivity contribution in [3.8, 4) is 0 Å². The molecule has 1 aliphatic heterocycles. The lowest BCUT2D eigenvalue weighted by atomic mass is 9.88. The Bertz CT molecular complexity index is 572. The van der Waals surface area contributed by atoms with Gasteiger partial charge in [0.15, 0.2) is 0 Å². The highest BCUT2D eigenvalue weighted by molar-refractivity contribution is 6.42. The maximum absolute atomic E-state index is 12.9. The van der Waals surface area contributed by atoms with E-state index in [-0.39, 0.29) is 5.91 Å². The van der Waals surface area contributed by atoms with Crippen molar-refractivity contribution in [3.05, 3.63) is 33.8 Å². The van der Waals surface area contributed by atoms with Crippen molar-refractivity contribution in [2.75, 3.05) is 20.1 Å². The highest BCUT2D eigenvalue weighted by atomic mass is 35.5. The first-order valence-electron chi connectivity index (χ1n) is 8.54. The van der Waals surface area contributed by atoms with Crippen LogP contribution in [0.2, 0.25) is 10.0 Å². The molecule has 1 unspecified atom stereocenters. The van der Waals surface area contributed by atoms with Gasteiger partial charge in [0.25, 0.3) is 5.91 Å². The summed E-state index contributed by atoms with van der Waals surface area (Å²) in [6.07, 6.45) is 7.33. The smallest absolute Gasteiger partial charge is 0.253 e. The number of likely N-dealkylation sites (N-methyl/N-ethyl adjacent to an activating group) is 1. The molecular formula is C18H24Cl2N2O. The summed E-state index contributed by atoms with van der Waals surface area (Å²) in [5, 5.41) is 0.920. The highest BCUT2D eigenvalue weighted by Gasteiger charge is 2.35. The molecule has 2 atom stereocenters. The topological polar surface area (TPSA) is 23.6 Å². The Labute approximate surface area is 148 Å². The summed E-state index contributed by atoms with van der Waals surface area (Å²) < 4.78 is 0. The molecule has 1 aromatic carbocycles. The van der Waals surface area contributed by atoms with E-state index in [1.54, 1.807) is 18.2 Å². The van der Waals surface area contributed by atoms with Gasteiger partial charge in [-0.05, 0) is 57.0 Å². The summed E-state index contributed by atoms with van der Waals surface area (Å²) in [6.45, 7) is 2.35. The second-order valence-corrected chi connectivity index (χ2v) is 7.52. The van der Waals surface area contributed by atoms with E-state index >= 15 is 0 Å². The van der Waals surface area contributed by atoms with Crippen LogP contribution in [-0.2, 0) is 0 Å². The largest absolute Gasteiger partial charge is 0.337 e. The number of hydrogen-bond acceptors (Lipinski definition) is 2. The van der Waals surface area contributed by atoms with E-state index in [4.69, 9.17) is 23.2 Å². The minimum atomic E-state index is 0.0414. The third kappa shape index (κ3) is 3.67. The Morgan fingerprint density at radius 2 is 1.78 bits per heavy atom. The summed E-state index contributed by atoms with van der Waals surface area (Å²) >= 11 is 12.0. The predicted molar refractivity (Wildman–Crippen MR) is 95.4 cm³/mol. The lowest BCUT2D eigenvalue weighted by Gasteiger charge is -2.42. The standard InChI is InChI=1S/C18H24Cl2N2O/c1-21(18(23)13-8-9-14(19)15(20)12-13)16-6-2-3-7-17(16)22-10-4-5-11-22/h8-9,12,16-17H,2-7,10-11H2,1H3/t16?,17-/m1/s1. The quantitative estimate of drug-likeness (QED) is 0.799. The maximum atomic E-state index is 12.9. The number of hydrogen-bond donors (Lipinski definition) is 0. The molecule has 1 aliphatic carbocycles. The zero-order valence-electron chi connectivity index (χ0n) is 13.6. The number of amides is 1. The van der Waals surface area contributed by atoms with Crippen LogP contribution in [-0.4, -0.2) is 47.9 Å². The van der Waals surface area contributed by atoms with Gasteiger partial charge in [0.1, 0.15) is 0 Å². The van der Waals surface area contributed by atoms with Crippen molar-refractivity contribution < 1.29 is 4.79 Å². The van der Waals surface area contributed by atoms with Gasteiger partial charge in [-0.15, -0.1) is 0 Å².